The van der Waals surface area contributed by atoms with Crippen LogP contribution in [0.25, 0.3) is 11.1 Å². The zero-order chi connectivity index (χ0) is 22.2. The molecule has 31 heavy (non-hydrogen) atoms. The van der Waals surface area contributed by atoms with Gasteiger partial charge < -0.3 is 24.6 Å². The van der Waals surface area contributed by atoms with Gasteiger partial charge in [0.25, 0.3) is 5.91 Å². The van der Waals surface area contributed by atoms with Crippen LogP contribution in [0.15, 0.2) is 30.3 Å². The van der Waals surface area contributed by atoms with E-state index in [0.717, 1.165) is 29.5 Å². The van der Waals surface area contributed by atoms with Gasteiger partial charge in [-0.2, -0.15) is 0 Å². The van der Waals surface area contributed by atoms with Crippen LogP contribution in [0.3, 0.4) is 0 Å². The first-order chi connectivity index (χ1) is 14.9. The second kappa shape index (κ2) is 8.13. The highest BCUT2D eigenvalue weighted by atomic mass is 16.5. The molecule has 0 spiro atoms. The Hall–Kier alpha value is -3.22. The standard InChI is InChI=1S/C24H27NO6/c1-14(23(27)28)11-24(9-10-24)13-31-20-16(7-8-19(29-2)21(20)30-3)15-5-4-6-17-18(15)12-25-22(17)26/h4-8,14H,9-13H2,1-3H3,(H,25,26)(H,27,28). The maximum absolute atomic E-state index is 12.1. The summed E-state index contributed by atoms with van der Waals surface area (Å²) in [5.74, 6) is 0.280. The highest BCUT2D eigenvalue weighted by molar-refractivity contribution is 6.01. The van der Waals surface area contributed by atoms with Crippen molar-refractivity contribution in [1.82, 2.24) is 5.32 Å². The molecule has 2 N–H and O–H groups in total. The van der Waals surface area contributed by atoms with Gasteiger partial charge in [-0.05, 0) is 48.6 Å². The highest BCUT2D eigenvalue weighted by Crippen LogP contribution is 2.53. The molecule has 2 aliphatic rings. The van der Waals surface area contributed by atoms with Crippen molar-refractivity contribution >= 4 is 11.9 Å². The summed E-state index contributed by atoms with van der Waals surface area (Å²) in [5, 5.41) is 12.2. The van der Waals surface area contributed by atoms with E-state index in [9.17, 15) is 14.7 Å². The number of hydrogen-bond acceptors (Lipinski definition) is 5. The van der Waals surface area contributed by atoms with Gasteiger partial charge in [0, 0.05) is 23.1 Å². The molecule has 1 amide bonds. The van der Waals surface area contributed by atoms with Gasteiger partial charge in [0.2, 0.25) is 5.75 Å². The van der Waals surface area contributed by atoms with Crippen molar-refractivity contribution in [1.29, 1.82) is 0 Å². The maximum atomic E-state index is 12.1. The van der Waals surface area contributed by atoms with Crippen LogP contribution < -0.4 is 19.5 Å². The Bertz CT molecular complexity index is 1030. The Morgan fingerprint density at radius 2 is 1.84 bits per heavy atom. The van der Waals surface area contributed by atoms with E-state index in [1.807, 2.05) is 30.3 Å². The van der Waals surface area contributed by atoms with Crippen LogP contribution in [-0.4, -0.2) is 37.8 Å². The predicted molar refractivity (Wildman–Crippen MR) is 115 cm³/mol. The van der Waals surface area contributed by atoms with Crippen LogP contribution in [0.1, 0.15) is 42.1 Å². The molecule has 0 radical (unpaired) electrons. The molecule has 2 aromatic rings. The summed E-state index contributed by atoms with van der Waals surface area (Å²) in [6, 6.07) is 9.37. The lowest BCUT2D eigenvalue weighted by Crippen LogP contribution is -2.21. The van der Waals surface area contributed by atoms with Gasteiger partial charge in [-0.3, -0.25) is 9.59 Å². The number of carboxylic acids is 1. The first kappa shape index (κ1) is 21.0. The topological polar surface area (TPSA) is 94.1 Å². The summed E-state index contributed by atoms with van der Waals surface area (Å²) >= 11 is 0. The zero-order valence-electron chi connectivity index (χ0n) is 18.0. The number of aliphatic carboxylic acids is 1. The summed E-state index contributed by atoms with van der Waals surface area (Å²) < 4.78 is 17.5. The Labute approximate surface area is 181 Å². The number of ether oxygens (including phenoxy) is 3. The molecule has 1 fully saturated rings. The predicted octanol–water partition coefficient (Wildman–Crippen LogP) is 3.88. The third kappa shape index (κ3) is 3.92. The largest absolute Gasteiger partial charge is 0.493 e. The molecule has 0 aromatic heterocycles. The van der Waals surface area contributed by atoms with E-state index in [-0.39, 0.29) is 11.3 Å². The molecule has 1 atom stereocenters. The molecule has 1 saturated carbocycles. The average Bonchev–Trinajstić information content (AvgIpc) is 3.43. The number of carbonyl (C=O) groups is 2. The third-order valence-corrected chi connectivity index (χ3v) is 6.28. The summed E-state index contributed by atoms with van der Waals surface area (Å²) in [6.45, 7) is 2.59. The van der Waals surface area contributed by atoms with E-state index in [1.165, 1.54) is 0 Å². The summed E-state index contributed by atoms with van der Waals surface area (Å²) in [4.78, 5) is 23.5. The number of nitrogens with one attached hydrogen (secondary N) is 1. The lowest BCUT2D eigenvalue weighted by atomic mass is 9.93. The van der Waals surface area contributed by atoms with Crippen molar-refractivity contribution in [2.75, 3.05) is 20.8 Å². The van der Waals surface area contributed by atoms with Gasteiger partial charge in [-0.25, -0.2) is 0 Å². The molecular formula is C24H27NO6. The first-order valence-electron chi connectivity index (χ1n) is 10.4. The van der Waals surface area contributed by atoms with Gasteiger partial charge in [0.05, 0.1) is 26.7 Å². The molecule has 4 rings (SSSR count). The van der Waals surface area contributed by atoms with E-state index in [1.54, 1.807) is 21.1 Å². The van der Waals surface area contributed by atoms with E-state index < -0.39 is 11.9 Å². The monoisotopic (exact) mass is 425 g/mol. The molecule has 1 unspecified atom stereocenters. The second-order valence-electron chi connectivity index (χ2n) is 8.42. The number of rotatable bonds is 9. The number of carboxylic acid groups (broad SMARTS) is 1. The summed E-state index contributed by atoms with van der Waals surface area (Å²) in [7, 11) is 3.13. The third-order valence-electron chi connectivity index (χ3n) is 6.28. The molecule has 2 aromatic carbocycles. The van der Waals surface area contributed by atoms with E-state index in [0.29, 0.717) is 42.4 Å². The Morgan fingerprint density at radius 1 is 1.10 bits per heavy atom. The van der Waals surface area contributed by atoms with Gasteiger partial charge in [-0.15, -0.1) is 0 Å². The molecule has 0 bridgehead atoms. The van der Waals surface area contributed by atoms with Crippen LogP contribution in [0.5, 0.6) is 17.2 Å². The van der Waals surface area contributed by atoms with Crippen LogP contribution >= 0.6 is 0 Å². The number of fused-ring (bicyclic) bond motifs is 1. The van der Waals surface area contributed by atoms with Gasteiger partial charge in [0.15, 0.2) is 11.5 Å². The van der Waals surface area contributed by atoms with Crippen LogP contribution in [0.2, 0.25) is 0 Å². The number of methoxy groups -OCH3 is 2. The quantitative estimate of drug-likeness (QED) is 0.633. The molecule has 7 nitrogen and oxygen atoms in total. The van der Waals surface area contributed by atoms with Gasteiger partial charge >= 0.3 is 5.97 Å². The summed E-state index contributed by atoms with van der Waals surface area (Å²) in [6.07, 6.45) is 2.44. The smallest absolute Gasteiger partial charge is 0.306 e. The molecule has 1 aliphatic carbocycles. The maximum Gasteiger partial charge on any atom is 0.306 e. The number of amides is 1. The minimum Gasteiger partial charge on any atom is -0.493 e. The van der Waals surface area contributed by atoms with Crippen molar-refractivity contribution in [3.05, 3.63) is 41.5 Å². The molecule has 7 heteroatoms. The fourth-order valence-corrected chi connectivity index (χ4v) is 4.31. The van der Waals surface area contributed by atoms with Crippen molar-refractivity contribution in [2.24, 2.45) is 11.3 Å². The fraction of sp³-hybridized carbons (Fsp3) is 0.417. The normalized spacial score (nSPS) is 16.8. The Morgan fingerprint density at radius 3 is 2.48 bits per heavy atom. The number of benzene rings is 2. The van der Waals surface area contributed by atoms with E-state index >= 15 is 0 Å². The fourth-order valence-electron chi connectivity index (χ4n) is 4.31. The van der Waals surface area contributed by atoms with Crippen molar-refractivity contribution < 1.29 is 28.9 Å². The zero-order valence-corrected chi connectivity index (χ0v) is 18.0. The Kier molecular flexibility index (Phi) is 5.52. The van der Waals surface area contributed by atoms with Gasteiger partial charge in [0.1, 0.15) is 0 Å². The molecule has 1 aliphatic heterocycles. The average molecular weight is 425 g/mol. The van der Waals surface area contributed by atoms with Crippen molar-refractivity contribution in [3.63, 3.8) is 0 Å². The van der Waals surface area contributed by atoms with Crippen LogP contribution in [0, 0.1) is 11.3 Å². The van der Waals surface area contributed by atoms with Crippen LogP contribution in [-0.2, 0) is 11.3 Å². The minimum absolute atomic E-state index is 0.0839. The lowest BCUT2D eigenvalue weighted by molar-refractivity contribution is -0.141. The molecule has 1 heterocycles. The van der Waals surface area contributed by atoms with Gasteiger partial charge in [-0.1, -0.05) is 19.1 Å². The second-order valence-corrected chi connectivity index (χ2v) is 8.42. The van der Waals surface area contributed by atoms with E-state index in [4.69, 9.17) is 14.2 Å². The molecular weight excluding hydrogens is 398 g/mol. The summed E-state index contributed by atoms with van der Waals surface area (Å²) in [5.41, 5.74) is 3.15. The Balaban J connectivity index is 1.72. The lowest BCUT2D eigenvalue weighted by Gasteiger charge is -2.23. The van der Waals surface area contributed by atoms with Crippen LogP contribution in [0.4, 0.5) is 0 Å². The number of hydrogen-bond donors (Lipinski definition) is 2. The van der Waals surface area contributed by atoms with E-state index in [2.05, 4.69) is 5.32 Å². The SMILES string of the molecule is COc1ccc(-c2cccc3c2CNC3=O)c(OCC2(CC(C)C(=O)O)CC2)c1OC. The van der Waals surface area contributed by atoms with Crippen molar-refractivity contribution in [3.8, 4) is 28.4 Å². The first-order valence-corrected chi connectivity index (χ1v) is 10.4. The number of carbonyl (C=O) groups excluding carboxylic acids is 1. The molecule has 0 saturated heterocycles. The minimum atomic E-state index is -0.789. The molecule has 164 valence electrons. The van der Waals surface area contributed by atoms with Crippen molar-refractivity contribution in [2.45, 2.75) is 32.7 Å². The highest BCUT2D eigenvalue weighted by Gasteiger charge is 2.45.